The molecule has 0 aliphatic carbocycles. The first-order valence-electron chi connectivity index (χ1n) is 9.54. The van der Waals surface area contributed by atoms with Crippen molar-refractivity contribution in [3.63, 3.8) is 0 Å². The second-order valence-corrected chi connectivity index (χ2v) is 7.30. The number of halogens is 1. The minimum atomic E-state index is -0.213. The molecule has 6 nitrogen and oxygen atoms in total. The normalized spacial score (nSPS) is 15.8. The molecule has 2 aliphatic heterocycles. The smallest absolute Gasteiger partial charge is 0.244 e. The van der Waals surface area contributed by atoms with Crippen LogP contribution in [0.3, 0.4) is 0 Å². The van der Waals surface area contributed by atoms with E-state index >= 15 is 0 Å². The number of hydrogen-bond acceptors (Lipinski definition) is 4. The molecule has 2 heterocycles. The Balaban J connectivity index is 1.33. The van der Waals surface area contributed by atoms with E-state index < -0.39 is 0 Å². The number of fused-ring (bicyclic) bond motifs is 1. The van der Waals surface area contributed by atoms with Crippen LogP contribution >= 0.6 is 11.6 Å². The van der Waals surface area contributed by atoms with Gasteiger partial charge in [0.05, 0.1) is 5.02 Å². The van der Waals surface area contributed by atoms with Gasteiger partial charge in [0.15, 0.2) is 11.5 Å². The molecule has 0 unspecified atom stereocenters. The molecule has 0 atom stereocenters. The first kappa shape index (κ1) is 19.3. The molecular weight excluding hydrogens is 392 g/mol. The summed E-state index contributed by atoms with van der Waals surface area (Å²) in [5, 5.41) is 3.30. The van der Waals surface area contributed by atoms with Crippen LogP contribution in [-0.4, -0.2) is 31.6 Å². The lowest BCUT2D eigenvalue weighted by molar-refractivity contribution is -0.117. The van der Waals surface area contributed by atoms with Crippen molar-refractivity contribution in [3.8, 4) is 11.5 Å². The molecule has 0 spiro atoms. The maximum Gasteiger partial charge on any atom is 0.244 e. The van der Waals surface area contributed by atoms with Gasteiger partial charge in [-0.25, -0.2) is 0 Å². The van der Waals surface area contributed by atoms with Gasteiger partial charge >= 0.3 is 0 Å². The van der Waals surface area contributed by atoms with E-state index in [1.807, 2.05) is 30.3 Å². The Morgan fingerprint density at radius 1 is 1.17 bits per heavy atom. The molecule has 1 saturated heterocycles. The summed E-state index contributed by atoms with van der Waals surface area (Å²) in [5.74, 6) is 1.09. The van der Waals surface area contributed by atoms with Crippen molar-refractivity contribution in [2.75, 3.05) is 24.7 Å². The lowest BCUT2D eigenvalue weighted by Crippen LogP contribution is -2.23. The van der Waals surface area contributed by atoms with E-state index in [-0.39, 0.29) is 11.8 Å². The monoisotopic (exact) mass is 412 g/mol. The van der Waals surface area contributed by atoms with Crippen LogP contribution in [0.1, 0.15) is 24.0 Å². The van der Waals surface area contributed by atoms with E-state index in [9.17, 15) is 9.59 Å². The number of nitrogens with one attached hydrogen (secondary N) is 1. The molecule has 1 N–H and O–H groups in total. The zero-order chi connectivity index (χ0) is 20.2. The van der Waals surface area contributed by atoms with Crippen LogP contribution in [0.15, 0.2) is 42.5 Å². The number of anilines is 1. The number of nitrogens with zero attached hydrogens (tertiary/aromatic N) is 1. The van der Waals surface area contributed by atoms with Crippen molar-refractivity contribution < 1.29 is 19.1 Å². The fourth-order valence-electron chi connectivity index (χ4n) is 3.37. The van der Waals surface area contributed by atoms with Gasteiger partial charge < -0.3 is 19.7 Å². The van der Waals surface area contributed by atoms with Crippen molar-refractivity contribution in [2.45, 2.75) is 19.4 Å². The first-order chi connectivity index (χ1) is 14.1. The average Bonchev–Trinajstić information content (AvgIpc) is 3.17. The lowest BCUT2D eigenvalue weighted by Gasteiger charge is -2.20. The molecule has 1 fully saturated rings. The van der Waals surface area contributed by atoms with Crippen molar-refractivity contribution in [1.29, 1.82) is 0 Å². The molecule has 0 aromatic heterocycles. The molecule has 0 bridgehead atoms. The Morgan fingerprint density at radius 2 is 1.97 bits per heavy atom. The first-order valence-corrected chi connectivity index (χ1v) is 9.92. The van der Waals surface area contributed by atoms with Gasteiger partial charge in [-0.15, -0.1) is 0 Å². The van der Waals surface area contributed by atoms with Gasteiger partial charge in [0, 0.05) is 31.3 Å². The van der Waals surface area contributed by atoms with E-state index in [2.05, 4.69) is 5.32 Å². The SMILES string of the molecule is O=C(/C=C/c1ccc(N2CCCC2=O)cc1)NCc1cc(Cl)c2c(c1)OCCO2. The molecule has 150 valence electrons. The van der Waals surface area contributed by atoms with Crippen molar-refractivity contribution in [2.24, 2.45) is 0 Å². The van der Waals surface area contributed by atoms with Crippen molar-refractivity contribution >= 4 is 35.2 Å². The Kier molecular flexibility index (Phi) is 5.71. The maximum absolute atomic E-state index is 12.1. The number of carbonyl (C=O) groups is 2. The van der Waals surface area contributed by atoms with Gasteiger partial charge in [0.1, 0.15) is 13.2 Å². The highest BCUT2D eigenvalue weighted by molar-refractivity contribution is 6.32. The summed E-state index contributed by atoms with van der Waals surface area (Å²) in [6.07, 6.45) is 4.73. The third-order valence-corrected chi connectivity index (χ3v) is 5.11. The standard InChI is InChI=1S/C22H21ClN2O4/c23-18-12-16(13-19-22(18)29-11-10-28-19)14-24-20(26)8-5-15-3-6-17(7-4-15)25-9-1-2-21(25)27/h3-8,12-13H,1-2,9-11,14H2,(H,24,26)/b8-5+. The Bertz CT molecular complexity index is 956. The van der Waals surface area contributed by atoms with E-state index in [1.54, 1.807) is 17.0 Å². The zero-order valence-electron chi connectivity index (χ0n) is 15.8. The highest BCUT2D eigenvalue weighted by Gasteiger charge is 2.21. The van der Waals surface area contributed by atoms with Crippen molar-refractivity contribution in [1.82, 2.24) is 5.32 Å². The van der Waals surface area contributed by atoms with E-state index in [0.717, 1.165) is 29.8 Å². The topological polar surface area (TPSA) is 67.9 Å². The van der Waals surface area contributed by atoms with Crippen LogP contribution in [-0.2, 0) is 16.1 Å². The number of ether oxygens (including phenoxy) is 2. The fraction of sp³-hybridized carbons (Fsp3) is 0.273. The van der Waals surface area contributed by atoms with Crippen LogP contribution in [0.5, 0.6) is 11.5 Å². The molecular formula is C22H21ClN2O4. The molecule has 29 heavy (non-hydrogen) atoms. The second-order valence-electron chi connectivity index (χ2n) is 6.89. The summed E-state index contributed by atoms with van der Waals surface area (Å²) < 4.78 is 11.0. The third-order valence-electron chi connectivity index (χ3n) is 4.83. The van der Waals surface area contributed by atoms with Crippen LogP contribution < -0.4 is 19.7 Å². The van der Waals surface area contributed by atoms with Crippen LogP contribution in [0.2, 0.25) is 5.02 Å². The zero-order valence-corrected chi connectivity index (χ0v) is 16.6. The Labute approximate surface area is 174 Å². The minimum absolute atomic E-state index is 0.159. The van der Waals surface area contributed by atoms with E-state index in [0.29, 0.717) is 42.7 Å². The molecule has 7 heteroatoms. The van der Waals surface area contributed by atoms with Gasteiger partial charge in [-0.3, -0.25) is 9.59 Å². The molecule has 0 saturated carbocycles. The van der Waals surface area contributed by atoms with Crippen LogP contribution in [0.4, 0.5) is 5.69 Å². The summed E-state index contributed by atoms with van der Waals surface area (Å²) in [7, 11) is 0. The number of hydrogen-bond donors (Lipinski definition) is 1. The maximum atomic E-state index is 12.1. The number of rotatable bonds is 5. The summed E-state index contributed by atoms with van der Waals surface area (Å²) in [4.78, 5) is 25.7. The largest absolute Gasteiger partial charge is 0.486 e. The number of benzene rings is 2. The van der Waals surface area contributed by atoms with E-state index in [4.69, 9.17) is 21.1 Å². The highest BCUT2D eigenvalue weighted by atomic mass is 35.5. The van der Waals surface area contributed by atoms with Gasteiger partial charge in [0.2, 0.25) is 11.8 Å². The highest BCUT2D eigenvalue weighted by Crippen LogP contribution is 2.38. The van der Waals surface area contributed by atoms with Gasteiger partial charge in [-0.1, -0.05) is 23.7 Å². The molecule has 2 aromatic carbocycles. The number of carbonyl (C=O) groups excluding carboxylic acids is 2. The predicted octanol–water partition coefficient (Wildman–Crippen LogP) is 3.57. The van der Waals surface area contributed by atoms with Gasteiger partial charge in [-0.05, 0) is 47.9 Å². The summed E-state index contributed by atoms with van der Waals surface area (Å²) >= 11 is 6.22. The minimum Gasteiger partial charge on any atom is -0.486 e. The van der Waals surface area contributed by atoms with Crippen molar-refractivity contribution in [3.05, 3.63) is 58.6 Å². The van der Waals surface area contributed by atoms with Crippen LogP contribution in [0.25, 0.3) is 6.08 Å². The summed E-state index contributed by atoms with van der Waals surface area (Å²) in [6.45, 7) is 2.05. The predicted molar refractivity (Wildman–Crippen MR) is 111 cm³/mol. The number of amides is 2. The molecule has 2 aliphatic rings. The lowest BCUT2D eigenvalue weighted by atomic mass is 10.1. The van der Waals surface area contributed by atoms with Gasteiger partial charge in [-0.2, -0.15) is 0 Å². The average molecular weight is 413 g/mol. The third kappa shape index (κ3) is 4.54. The summed E-state index contributed by atoms with van der Waals surface area (Å²) in [6, 6.07) is 11.2. The summed E-state index contributed by atoms with van der Waals surface area (Å²) in [5.41, 5.74) is 2.61. The molecule has 2 aromatic rings. The Morgan fingerprint density at radius 3 is 2.72 bits per heavy atom. The Hall–Kier alpha value is -2.99. The molecule has 2 amide bonds. The van der Waals surface area contributed by atoms with Crippen LogP contribution in [0, 0.1) is 0 Å². The molecule has 0 radical (unpaired) electrons. The van der Waals surface area contributed by atoms with Gasteiger partial charge in [0.25, 0.3) is 0 Å². The quantitative estimate of drug-likeness (QED) is 0.762. The second kappa shape index (κ2) is 8.57. The van der Waals surface area contributed by atoms with E-state index in [1.165, 1.54) is 6.08 Å². The fourth-order valence-corrected chi connectivity index (χ4v) is 3.66. The molecule has 4 rings (SSSR count).